The zero-order valence-corrected chi connectivity index (χ0v) is 17.2. The van der Waals surface area contributed by atoms with E-state index in [2.05, 4.69) is 4.90 Å². The van der Waals surface area contributed by atoms with E-state index in [9.17, 15) is 15.0 Å². The van der Waals surface area contributed by atoms with Crippen molar-refractivity contribution in [1.29, 1.82) is 0 Å². The summed E-state index contributed by atoms with van der Waals surface area (Å²) in [6, 6.07) is 16.7. The van der Waals surface area contributed by atoms with Crippen LogP contribution < -0.4 is 0 Å². The third-order valence-corrected chi connectivity index (χ3v) is 7.11. The van der Waals surface area contributed by atoms with Crippen molar-refractivity contribution in [2.45, 2.75) is 42.7 Å². The minimum atomic E-state index is -0.874. The summed E-state index contributed by atoms with van der Waals surface area (Å²) < 4.78 is 0. The van der Waals surface area contributed by atoms with Gasteiger partial charge in [0.2, 0.25) is 0 Å². The number of phenolic OH excluding ortho intramolecular Hbond substituents is 1. The molecule has 2 N–H and O–H groups in total. The lowest BCUT2D eigenvalue weighted by Gasteiger charge is -2.58. The van der Waals surface area contributed by atoms with Crippen molar-refractivity contribution < 1.29 is 15.0 Å². The summed E-state index contributed by atoms with van der Waals surface area (Å²) in [6.45, 7) is 1.48. The van der Waals surface area contributed by atoms with Crippen molar-refractivity contribution >= 4 is 5.91 Å². The molecule has 2 unspecified atom stereocenters. The SMILES string of the molecule is CN1CCC2(c3cccc(O)c3)C[C@H](N(C)C(=O)c3ccccc3)CCC2(O)C1. The third kappa shape index (κ3) is 3.43. The summed E-state index contributed by atoms with van der Waals surface area (Å²) in [5.41, 5.74) is 0.303. The van der Waals surface area contributed by atoms with Gasteiger partial charge >= 0.3 is 0 Å². The quantitative estimate of drug-likeness (QED) is 0.840. The summed E-state index contributed by atoms with van der Waals surface area (Å²) in [4.78, 5) is 17.1. The topological polar surface area (TPSA) is 64.0 Å². The van der Waals surface area contributed by atoms with Crippen molar-refractivity contribution in [1.82, 2.24) is 9.80 Å². The summed E-state index contributed by atoms with van der Waals surface area (Å²) in [7, 11) is 3.91. The first-order valence-corrected chi connectivity index (χ1v) is 10.4. The van der Waals surface area contributed by atoms with Gasteiger partial charge in [-0.3, -0.25) is 4.79 Å². The van der Waals surface area contributed by atoms with Crippen LogP contribution in [-0.4, -0.2) is 64.7 Å². The van der Waals surface area contributed by atoms with E-state index in [1.54, 1.807) is 12.1 Å². The van der Waals surface area contributed by atoms with Gasteiger partial charge in [-0.1, -0.05) is 30.3 Å². The Morgan fingerprint density at radius 3 is 2.62 bits per heavy atom. The highest BCUT2D eigenvalue weighted by Crippen LogP contribution is 2.52. The Balaban J connectivity index is 1.68. The van der Waals surface area contributed by atoms with Gasteiger partial charge < -0.3 is 20.0 Å². The van der Waals surface area contributed by atoms with Crippen molar-refractivity contribution in [3.8, 4) is 5.75 Å². The van der Waals surface area contributed by atoms with Crippen molar-refractivity contribution in [3.63, 3.8) is 0 Å². The number of aromatic hydroxyl groups is 1. The van der Waals surface area contributed by atoms with Gasteiger partial charge in [-0.05, 0) is 69.1 Å². The van der Waals surface area contributed by atoms with Crippen LogP contribution in [0.4, 0.5) is 0 Å². The number of likely N-dealkylation sites (tertiary alicyclic amines) is 1. The smallest absolute Gasteiger partial charge is 0.253 e. The molecule has 5 nitrogen and oxygen atoms in total. The molecule has 154 valence electrons. The zero-order chi connectivity index (χ0) is 20.6. The Kier molecular flexibility index (Phi) is 5.13. The van der Waals surface area contributed by atoms with Gasteiger partial charge in [0.05, 0.1) is 5.60 Å². The first kappa shape index (κ1) is 19.9. The monoisotopic (exact) mass is 394 g/mol. The van der Waals surface area contributed by atoms with Gasteiger partial charge in [-0.2, -0.15) is 0 Å². The minimum Gasteiger partial charge on any atom is -0.508 e. The molecule has 0 spiro atoms. The summed E-state index contributed by atoms with van der Waals surface area (Å²) in [5, 5.41) is 21.9. The van der Waals surface area contributed by atoms with Crippen LogP contribution in [0.25, 0.3) is 0 Å². The van der Waals surface area contributed by atoms with E-state index in [0.717, 1.165) is 24.9 Å². The molecule has 4 rings (SSSR count). The second-order valence-electron chi connectivity index (χ2n) is 8.83. The predicted molar refractivity (Wildman–Crippen MR) is 113 cm³/mol. The normalized spacial score (nSPS) is 29.8. The third-order valence-electron chi connectivity index (χ3n) is 7.11. The lowest BCUT2D eigenvalue weighted by Crippen LogP contribution is -2.66. The molecular formula is C24H30N2O3. The Morgan fingerprint density at radius 1 is 1.14 bits per heavy atom. The number of phenols is 1. The maximum Gasteiger partial charge on any atom is 0.253 e. The van der Waals surface area contributed by atoms with Crippen molar-refractivity contribution in [3.05, 3.63) is 65.7 Å². The van der Waals surface area contributed by atoms with Gasteiger partial charge in [-0.15, -0.1) is 0 Å². The number of carbonyl (C=O) groups is 1. The number of rotatable bonds is 3. The largest absolute Gasteiger partial charge is 0.508 e. The Bertz CT molecular complexity index is 887. The molecule has 1 saturated carbocycles. The van der Waals surface area contributed by atoms with Gasteiger partial charge in [0.15, 0.2) is 0 Å². The molecule has 3 atom stereocenters. The van der Waals surface area contributed by atoms with Crippen molar-refractivity contribution in [2.24, 2.45) is 0 Å². The molecule has 0 radical (unpaired) electrons. The van der Waals surface area contributed by atoms with Gasteiger partial charge in [0, 0.05) is 30.6 Å². The van der Waals surface area contributed by atoms with Gasteiger partial charge in [0.25, 0.3) is 5.91 Å². The molecule has 29 heavy (non-hydrogen) atoms. The molecule has 2 aliphatic rings. The Labute approximate surface area is 172 Å². The molecule has 2 aromatic rings. The second kappa shape index (κ2) is 7.47. The summed E-state index contributed by atoms with van der Waals surface area (Å²) in [6.07, 6.45) is 2.88. The number of benzene rings is 2. The Hall–Kier alpha value is -2.37. The number of β-amino-alcohol motifs (C(OH)–C–C–N with tert-alkyl or cyclic N) is 1. The van der Waals surface area contributed by atoms with E-state index in [1.165, 1.54) is 0 Å². The van der Waals surface area contributed by atoms with Crippen LogP contribution in [0.2, 0.25) is 0 Å². The average Bonchev–Trinajstić information content (AvgIpc) is 2.72. The molecule has 2 fully saturated rings. The highest BCUT2D eigenvalue weighted by molar-refractivity contribution is 5.94. The highest BCUT2D eigenvalue weighted by atomic mass is 16.3. The molecule has 1 aliphatic carbocycles. The number of carbonyl (C=O) groups excluding carboxylic acids is 1. The van der Waals surface area contributed by atoms with Crippen LogP contribution in [-0.2, 0) is 5.41 Å². The number of piperidine rings is 1. The maximum absolute atomic E-state index is 13.0. The molecule has 0 aromatic heterocycles. The van der Waals surface area contributed by atoms with Crippen LogP contribution in [0.1, 0.15) is 41.6 Å². The van der Waals surface area contributed by atoms with E-state index in [-0.39, 0.29) is 17.7 Å². The van der Waals surface area contributed by atoms with Crippen LogP contribution in [0.5, 0.6) is 5.75 Å². The molecule has 1 aliphatic heterocycles. The molecule has 1 saturated heterocycles. The molecule has 2 aromatic carbocycles. The first-order valence-electron chi connectivity index (χ1n) is 10.4. The van der Waals surface area contributed by atoms with Crippen LogP contribution in [0.3, 0.4) is 0 Å². The summed E-state index contributed by atoms with van der Waals surface area (Å²) in [5.74, 6) is 0.231. The van der Waals surface area contributed by atoms with E-state index >= 15 is 0 Å². The fourth-order valence-electron chi connectivity index (χ4n) is 5.43. The number of amides is 1. The number of likely N-dealkylation sites (N-methyl/N-ethyl adjacent to an activating group) is 1. The fraction of sp³-hybridized carbons (Fsp3) is 0.458. The van der Waals surface area contributed by atoms with E-state index in [1.807, 2.05) is 61.5 Å². The molecular weight excluding hydrogens is 364 g/mol. The number of nitrogens with zero attached hydrogens (tertiary/aromatic N) is 2. The van der Waals surface area contributed by atoms with Gasteiger partial charge in [0.1, 0.15) is 5.75 Å². The van der Waals surface area contributed by atoms with Crippen LogP contribution in [0, 0.1) is 0 Å². The van der Waals surface area contributed by atoms with Crippen LogP contribution in [0.15, 0.2) is 54.6 Å². The zero-order valence-electron chi connectivity index (χ0n) is 17.2. The standard InChI is InChI=1S/C24H30N2O3/c1-25-14-13-23(19-9-6-10-21(27)15-19)16-20(11-12-24(23,29)17-25)26(2)22(28)18-7-4-3-5-8-18/h3-10,15,20,27,29H,11-14,16-17H2,1-2H3/t20-,23?,24?/m1/s1. The maximum atomic E-state index is 13.0. The van der Waals surface area contributed by atoms with E-state index in [0.29, 0.717) is 24.9 Å². The number of hydrogen-bond acceptors (Lipinski definition) is 4. The van der Waals surface area contributed by atoms with Crippen molar-refractivity contribution in [2.75, 3.05) is 27.2 Å². The number of aliphatic hydroxyl groups is 1. The first-order chi connectivity index (χ1) is 13.8. The lowest BCUT2D eigenvalue weighted by atomic mass is 9.55. The molecule has 1 heterocycles. The lowest BCUT2D eigenvalue weighted by molar-refractivity contribution is -0.127. The van der Waals surface area contributed by atoms with Crippen LogP contribution >= 0.6 is 0 Å². The summed E-state index contributed by atoms with van der Waals surface area (Å²) >= 11 is 0. The van der Waals surface area contributed by atoms with E-state index < -0.39 is 11.0 Å². The molecule has 1 amide bonds. The minimum absolute atomic E-state index is 0.0139. The Morgan fingerprint density at radius 2 is 1.90 bits per heavy atom. The fourth-order valence-corrected chi connectivity index (χ4v) is 5.43. The number of hydrogen-bond donors (Lipinski definition) is 2. The van der Waals surface area contributed by atoms with E-state index in [4.69, 9.17) is 0 Å². The predicted octanol–water partition coefficient (Wildman–Crippen LogP) is 3.02. The molecule has 5 heteroatoms. The van der Waals surface area contributed by atoms with Gasteiger partial charge in [-0.25, -0.2) is 0 Å². The second-order valence-corrected chi connectivity index (χ2v) is 8.83. The highest BCUT2D eigenvalue weighted by Gasteiger charge is 2.57. The number of fused-ring (bicyclic) bond motifs is 1. The average molecular weight is 395 g/mol. The molecule has 0 bridgehead atoms.